The molecule has 1 aromatic rings. The van der Waals surface area contributed by atoms with Gasteiger partial charge in [-0.05, 0) is 42.9 Å². The molecule has 2 nitrogen and oxygen atoms in total. The van der Waals surface area contributed by atoms with Crippen molar-refractivity contribution in [3.63, 3.8) is 0 Å². The standard InChI is InChI=1S/C15H20FNO/c1-10-6-7-13(14(16)8-10)15(18)17-9-12-5-3-4-11(12)2/h6-8,11-12H,3-5,9H2,1-2H3,(H,17,18). The van der Waals surface area contributed by atoms with Gasteiger partial charge in [0.05, 0.1) is 5.56 Å². The van der Waals surface area contributed by atoms with E-state index in [0.29, 0.717) is 18.4 Å². The van der Waals surface area contributed by atoms with Crippen molar-refractivity contribution in [2.45, 2.75) is 33.1 Å². The minimum absolute atomic E-state index is 0.145. The highest BCUT2D eigenvalue weighted by atomic mass is 19.1. The highest BCUT2D eigenvalue weighted by Gasteiger charge is 2.24. The number of halogens is 1. The molecule has 2 atom stereocenters. The summed E-state index contributed by atoms with van der Waals surface area (Å²) in [5, 5.41) is 2.85. The first-order valence-electron chi connectivity index (χ1n) is 6.62. The Morgan fingerprint density at radius 1 is 1.44 bits per heavy atom. The third-order valence-corrected chi connectivity index (χ3v) is 3.93. The van der Waals surface area contributed by atoms with E-state index in [2.05, 4.69) is 12.2 Å². The fraction of sp³-hybridized carbons (Fsp3) is 0.533. The molecule has 0 bridgehead atoms. The zero-order valence-corrected chi connectivity index (χ0v) is 11.0. The predicted molar refractivity (Wildman–Crippen MR) is 70.0 cm³/mol. The van der Waals surface area contributed by atoms with Gasteiger partial charge in [-0.15, -0.1) is 0 Å². The Hall–Kier alpha value is -1.38. The van der Waals surface area contributed by atoms with Gasteiger partial charge in [-0.25, -0.2) is 4.39 Å². The summed E-state index contributed by atoms with van der Waals surface area (Å²) in [6.07, 6.45) is 3.64. The molecule has 0 aliphatic heterocycles. The van der Waals surface area contributed by atoms with Crippen LogP contribution in [0.1, 0.15) is 42.1 Å². The fourth-order valence-corrected chi connectivity index (χ4v) is 2.65. The quantitative estimate of drug-likeness (QED) is 0.875. The summed E-state index contributed by atoms with van der Waals surface area (Å²) in [5.74, 6) is 0.467. The molecule has 1 fully saturated rings. The molecule has 18 heavy (non-hydrogen) atoms. The summed E-state index contributed by atoms with van der Waals surface area (Å²) >= 11 is 0. The molecular weight excluding hydrogens is 229 g/mol. The molecule has 1 amide bonds. The van der Waals surface area contributed by atoms with Gasteiger partial charge < -0.3 is 5.32 Å². The van der Waals surface area contributed by atoms with Crippen molar-refractivity contribution >= 4 is 5.91 Å². The van der Waals surface area contributed by atoms with Gasteiger partial charge in [0, 0.05) is 6.54 Å². The van der Waals surface area contributed by atoms with Crippen LogP contribution in [-0.4, -0.2) is 12.5 Å². The maximum absolute atomic E-state index is 13.6. The molecule has 2 unspecified atom stereocenters. The smallest absolute Gasteiger partial charge is 0.254 e. The first kappa shape index (κ1) is 13.1. The summed E-state index contributed by atoms with van der Waals surface area (Å²) in [4.78, 5) is 11.9. The van der Waals surface area contributed by atoms with Crippen LogP contribution in [0.4, 0.5) is 4.39 Å². The summed E-state index contributed by atoms with van der Waals surface area (Å²) in [7, 11) is 0. The zero-order chi connectivity index (χ0) is 13.1. The molecule has 0 aromatic heterocycles. The van der Waals surface area contributed by atoms with Crippen LogP contribution in [0, 0.1) is 24.6 Å². The molecule has 1 N–H and O–H groups in total. The van der Waals surface area contributed by atoms with Crippen LogP contribution in [-0.2, 0) is 0 Å². The number of aryl methyl sites for hydroxylation is 1. The second-order valence-corrected chi connectivity index (χ2v) is 5.36. The number of hydrogen-bond donors (Lipinski definition) is 1. The van der Waals surface area contributed by atoms with Crippen molar-refractivity contribution in [2.24, 2.45) is 11.8 Å². The molecule has 0 spiro atoms. The Morgan fingerprint density at radius 2 is 2.22 bits per heavy atom. The zero-order valence-electron chi connectivity index (χ0n) is 11.0. The second kappa shape index (κ2) is 5.51. The van der Waals surface area contributed by atoms with E-state index in [0.717, 1.165) is 12.0 Å². The van der Waals surface area contributed by atoms with Crippen molar-refractivity contribution in [1.29, 1.82) is 0 Å². The molecule has 2 rings (SSSR count). The predicted octanol–water partition coefficient (Wildman–Crippen LogP) is 3.30. The summed E-state index contributed by atoms with van der Waals surface area (Å²) in [6, 6.07) is 4.71. The maximum atomic E-state index is 13.6. The van der Waals surface area contributed by atoms with Gasteiger partial charge in [0.2, 0.25) is 0 Å². The van der Waals surface area contributed by atoms with Gasteiger partial charge in [0.1, 0.15) is 5.82 Å². The lowest BCUT2D eigenvalue weighted by Crippen LogP contribution is -2.30. The number of nitrogens with one attached hydrogen (secondary N) is 1. The molecule has 1 aliphatic rings. The highest BCUT2D eigenvalue weighted by Crippen LogP contribution is 2.30. The average Bonchev–Trinajstić information content (AvgIpc) is 2.72. The molecule has 98 valence electrons. The van der Waals surface area contributed by atoms with Gasteiger partial charge in [0.25, 0.3) is 5.91 Å². The van der Waals surface area contributed by atoms with Gasteiger partial charge in [0.15, 0.2) is 0 Å². The van der Waals surface area contributed by atoms with E-state index in [1.165, 1.54) is 18.9 Å². The number of hydrogen-bond acceptors (Lipinski definition) is 1. The van der Waals surface area contributed by atoms with E-state index >= 15 is 0 Å². The lowest BCUT2D eigenvalue weighted by Gasteiger charge is -2.16. The van der Waals surface area contributed by atoms with Gasteiger partial charge in [-0.2, -0.15) is 0 Å². The van der Waals surface area contributed by atoms with E-state index in [-0.39, 0.29) is 11.5 Å². The summed E-state index contributed by atoms with van der Waals surface area (Å²) < 4.78 is 13.6. The third-order valence-electron chi connectivity index (χ3n) is 3.93. The Labute approximate surface area is 108 Å². The number of rotatable bonds is 3. The third kappa shape index (κ3) is 2.89. The lowest BCUT2D eigenvalue weighted by molar-refractivity contribution is 0.0940. The van der Waals surface area contributed by atoms with Crippen LogP contribution in [0.15, 0.2) is 18.2 Å². The van der Waals surface area contributed by atoms with Gasteiger partial charge >= 0.3 is 0 Å². The Balaban J connectivity index is 1.95. The maximum Gasteiger partial charge on any atom is 0.254 e. The first-order valence-corrected chi connectivity index (χ1v) is 6.62. The number of amides is 1. The summed E-state index contributed by atoms with van der Waals surface area (Å²) in [5.41, 5.74) is 0.972. The minimum Gasteiger partial charge on any atom is -0.352 e. The Bertz CT molecular complexity index is 444. The normalized spacial score (nSPS) is 23.1. The molecule has 1 saturated carbocycles. The average molecular weight is 249 g/mol. The van der Waals surface area contributed by atoms with Crippen LogP contribution in [0.3, 0.4) is 0 Å². The van der Waals surface area contributed by atoms with Gasteiger partial charge in [-0.1, -0.05) is 25.8 Å². The van der Waals surface area contributed by atoms with Crippen molar-refractivity contribution in [3.05, 3.63) is 35.1 Å². The fourth-order valence-electron chi connectivity index (χ4n) is 2.65. The highest BCUT2D eigenvalue weighted by molar-refractivity contribution is 5.94. The molecule has 0 saturated heterocycles. The molecule has 0 heterocycles. The molecule has 0 radical (unpaired) electrons. The van der Waals surface area contributed by atoms with Crippen LogP contribution < -0.4 is 5.32 Å². The van der Waals surface area contributed by atoms with Crippen LogP contribution in [0.5, 0.6) is 0 Å². The monoisotopic (exact) mass is 249 g/mol. The van der Waals surface area contributed by atoms with E-state index in [4.69, 9.17) is 0 Å². The van der Waals surface area contributed by atoms with Crippen LogP contribution >= 0.6 is 0 Å². The molecular formula is C15H20FNO. The first-order chi connectivity index (χ1) is 8.58. The van der Waals surface area contributed by atoms with Gasteiger partial charge in [-0.3, -0.25) is 4.79 Å². The van der Waals surface area contributed by atoms with E-state index < -0.39 is 5.82 Å². The number of benzene rings is 1. The molecule has 1 aliphatic carbocycles. The minimum atomic E-state index is -0.438. The van der Waals surface area contributed by atoms with E-state index in [1.54, 1.807) is 12.1 Å². The summed E-state index contributed by atoms with van der Waals surface area (Å²) in [6.45, 7) is 4.69. The Kier molecular flexibility index (Phi) is 4.00. The number of carbonyl (C=O) groups is 1. The van der Waals surface area contributed by atoms with Crippen molar-refractivity contribution in [3.8, 4) is 0 Å². The topological polar surface area (TPSA) is 29.1 Å². The van der Waals surface area contributed by atoms with Crippen LogP contribution in [0.2, 0.25) is 0 Å². The van der Waals surface area contributed by atoms with Crippen molar-refractivity contribution in [1.82, 2.24) is 5.32 Å². The van der Waals surface area contributed by atoms with Crippen molar-refractivity contribution < 1.29 is 9.18 Å². The molecule has 1 aromatic carbocycles. The second-order valence-electron chi connectivity index (χ2n) is 5.36. The van der Waals surface area contributed by atoms with E-state index in [1.807, 2.05) is 6.92 Å². The van der Waals surface area contributed by atoms with Crippen molar-refractivity contribution in [2.75, 3.05) is 6.54 Å². The number of carbonyl (C=O) groups excluding carboxylic acids is 1. The van der Waals surface area contributed by atoms with Crippen LogP contribution in [0.25, 0.3) is 0 Å². The SMILES string of the molecule is Cc1ccc(C(=O)NCC2CCCC2C)c(F)c1. The Morgan fingerprint density at radius 3 is 2.83 bits per heavy atom. The van der Waals surface area contributed by atoms with E-state index in [9.17, 15) is 9.18 Å². The molecule has 3 heteroatoms. The largest absolute Gasteiger partial charge is 0.352 e. The lowest BCUT2D eigenvalue weighted by atomic mass is 9.98.